The maximum absolute atomic E-state index is 12.5. The molecule has 1 fully saturated rings. The van der Waals surface area contributed by atoms with Gasteiger partial charge in [-0.1, -0.05) is 60.7 Å². The molecule has 37 heavy (non-hydrogen) atoms. The molecule has 4 aromatic rings. The Balaban J connectivity index is 1.24. The highest BCUT2D eigenvalue weighted by Crippen LogP contribution is 2.27. The van der Waals surface area contributed by atoms with E-state index in [9.17, 15) is 9.32 Å². The van der Waals surface area contributed by atoms with Crippen LogP contribution in [-0.4, -0.2) is 56.2 Å². The van der Waals surface area contributed by atoms with E-state index in [4.69, 9.17) is 4.98 Å². The Morgan fingerprint density at radius 3 is 2.57 bits per heavy atom. The van der Waals surface area contributed by atoms with Crippen LogP contribution < -0.4 is 5.32 Å². The number of hydrogen-bond acceptors (Lipinski definition) is 5. The van der Waals surface area contributed by atoms with Gasteiger partial charge in [0.2, 0.25) is 0 Å². The molecular formula is C31H37N3O2S. The fraction of sp³-hybridized carbons (Fsp3) is 0.387. The predicted molar refractivity (Wildman–Crippen MR) is 153 cm³/mol. The maximum Gasteiger partial charge on any atom is 0.132 e. The van der Waals surface area contributed by atoms with Crippen molar-refractivity contribution in [3.63, 3.8) is 0 Å². The summed E-state index contributed by atoms with van der Waals surface area (Å²) in [6.07, 6.45) is 4.10. The quantitative estimate of drug-likeness (QED) is 0.326. The Labute approximate surface area is 222 Å². The number of nitrogens with zero attached hydrogens (tertiary/aromatic N) is 2. The summed E-state index contributed by atoms with van der Waals surface area (Å²) in [6, 6.07) is 25.2. The topological polar surface area (TPSA) is 65.5 Å². The molecule has 0 aliphatic carbocycles. The van der Waals surface area contributed by atoms with Crippen molar-refractivity contribution in [2.45, 2.75) is 62.4 Å². The summed E-state index contributed by atoms with van der Waals surface area (Å²) in [5, 5.41) is 19.1. The van der Waals surface area contributed by atoms with Crippen molar-refractivity contribution < 1.29 is 9.32 Å². The van der Waals surface area contributed by atoms with Gasteiger partial charge in [0.25, 0.3) is 0 Å². The second-order valence-corrected chi connectivity index (χ2v) is 12.3. The zero-order valence-corrected chi connectivity index (χ0v) is 22.8. The van der Waals surface area contributed by atoms with Gasteiger partial charge in [0, 0.05) is 41.9 Å². The molecule has 1 aromatic heterocycles. The van der Waals surface area contributed by atoms with Gasteiger partial charge >= 0.3 is 0 Å². The van der Waals surface area contributed by atoms with Crippen LogP contribution in [0.1, 0.15) is 37.8 Å². The summed E-state index contributed by atoms with van der Waals surface area (Å²) < 4.78 is 12.5. The molecule has 3 atom stereocenters. The molecule has 0 spiro atoms. The van der Waals surface area contributed by atoms with Crippen LogP contribution in [0.15, 0.2) is 77.8 Å². The molecule has 6 heteroatoms. The predicted octanol–water partition coefficient (Wildman–Crippen LogP) is 5.06. The van der Waals surface area contributed by atoms with Crippen molar-refractivity contribution >= 4 is 32.5 Å². The highest BCUT2D eigenvalue weighted by Gasteiger charge is 2.32. The number of para-hydroxylation sites is 1. The average Bonchev–Trinajstić information content (AvgIpc) is 3.34. The van der Waals surface area contributed by atoms with E-state index in [-0.39, 0.29) is 11.6 Å². The summed E-state index contributed by atoms with van der Waals surface area (Å²) in [6.45, 7) is 6.50. The van der Waals surface area contributed by atoms with Gasteiger partial charge in [-0.2, -0.15) is 0 Å². The molecule has 0 amide bonds. The number of β-amino-alcohol motifs (C(OH)–C–C–N with tert-alkyl or cyclic N) is 1. The number of fused-ring (bicyclic) bond motifs is 2. The van der Waals surface area contributed by atoms with Gasteiger partial charge in [0.05, 0.1) is 22.4 Å². The van der Waals surface area contributed by atoms with Crippen molar-refractivity contribution in [1.82, 2.24) is 15.2 Å². The smallest absolute Gasteiger partial charge is 0.132 e. The van der Waals surface area contributed by atoms with Gasteiger partial charge in [-0.15, -0.1) is 0 Å². The second-order valence-electron chi connectivity index (χ2n) is 11.0. The minimum absolute atomic E-state index is 0.0635. The highest BCUT2D eigenvalue weighted by molar-refractivity contribution is 7.84. The molecule has 0 bridgehead atoms. The number of aliphatic hydroxyl groups is 1. The molecule has 1 aliphatic heterocycles. The first-order chi connectivity index (χ1) is 17.8. The summed E-state index contributed by atoms with van der Waals surface area (Å²) in [4.78, 5) is 7.05. The van der Waals surface area contributed by atoms with Crippen LogP contribution in [0.3, 0.4) is 0 Å². The first kappa shape index (κ1) is 26.0. The van der Waals surface area contributed by atoms with Gasteiger partial charge in [-0.25, -0.2) is 4.98 Å². The lowest BCUT2D eigenvalue weighted by Crippen LogP contribution is -2.50. The molecule has 3 aromatic carbocycles. The van der Waals surface area contributed by atoms with Crippen LogP contribution in [0.5, 0.6) is 0 Å². The number of nitrogens with one attached hydrogen (secondary N) is 1. The van der Waals surface area contributed by atoms with E-state index in [1.165, 1.54) is 16.3 Å². The van der Waals surface area contributed by atoms with Crippen molar-refractivity contribution in [3.8, 4) is 0 Å². The van der Waals surface area contributed by atoms with Gasteiger partial charge in [0.1, 0.15) is 5.03 Å². The van der Waals surface area contributed by atoms with Gasteiger partial charge in [-0.3, -0.25) is 9.11 Å². The van der Waals surface area contributed by atoms with E-state index in [1.807, 2.05) is 24.3 Å². The molecule has 5 nitrogen and oxygen atoms in total. The Kier molecular flexibility index (Phi) is 7.72. The summed E-state index contributed by atoms with van der Waals surface area (Å²) in [7, 11) is -1.17. The van der Waals surface area contributed by atoms with Crippen LogP contribution in [0.25, 0.3) is 21.7 Å². The first-order valence-electron chi connectivity index (χ1n) is 13.2. The van der Waals surface area contributed by atoms with Gasteiger partial charge < -0.3 is 10.4 Å². The SMILES string of the molecule is CS(=O)c1nc2ccccc2cc1CN1CCCC1C(O)CNC(C)(C)Cc1ccc2ccccc2c1. The van der Waals surface area contributed by atoms with E-state index < -0.39 is 16.9 Å². The third kappa shape index (κ3) is 6.10. The minimum atomic E-state index is -1.17. The van der Waals surface area contributed by atoms with Crippen LogP contribution >= 0.6 is 0 Å². The lowest BCUT2D eigenvalue weighted by atomic mass is 9.93. The molecule has 194 valence electrons. The zero-order valence-electron chi connectivity index (χ0n) is 22.0. The normalized spacial score (nSPS) is 18.4. The molecule has 1 aliphatic rings. The van der Waals surface area contributed by atoms with Crippen LogP contribution in [0.4, 0.5) is 0 Å². The fourth-order valence-corrected chi connectivity index (χ4v) is 6.37. The van der Waals surface area contributed by atoms with Crippen LogP contribution in [0.2, 0.25) is 0 Å². The number of aromatic nitrogens is 1. The number of pyridine rings is 1. The fourth-order valence-electron chi connectivity index (χ4n) is 5.65. The molecular weight excluding hydrogens is 478 g/mol. The molecule has 1 saturated heterocycles. The lowest BCUT2D eigenvalue weighted by Gasteiger charge is -2.33. The Hall–Kier alpha value is -2.64. The van der Waals surface area contributed by atoms with E-state index in [1.54, 1.807) is 6.26 Å². The molecule has 5 rings (SSSR count). The van der Waals surface area contributed by atoms with Crippen LogP contribution in [0, 0.1) is 0 Å². The van der Waals surface area contributed by atoms with Gasteiger partial charge in [0.15, 0.2) is 0 Å². The number of hydrogen-bond donors (Lipinski definition) is 2. The zero-order chi connectivity index (χ0) is 26.0. The second kappa shape index (κ2) is 11.0. The van der Waals surface area contributed by atoms with E-state index in [0.29, 0.717) is 18.1 Å². The monoisotopic (exact) mass is 515 g/mol. The third-order valence-corrected chi connectivity index (χ3v) is 8.42. The Morgan fingerprint density at radius 2 is 1.78 bits per heavy atom. The van der Waals surface area contributed by atoms with Crippen LogP contribution in [-0.2, 0) is 23.8 Å². The number of benzene rings is 3. The van der Waals surface area contributed by atoms with Crippen molar-refractivity contribution in [2.24, 2.45) is 0 Å². The van der Waals surface area contributed by atoms with Gasteiger partial charge in [-0.05, 0) is 68.1 Å². The Morgan fingerprint density at radius 1 is 1.05 bits per heavy atom. The summed E-state index contributed by atoms with van der Waals surface area (Å²) in [5.74, 6) is 0. The van der Waals surface area contributed by atoms with E-state index in [0.717, 1.165) is 42.3 Å². The molecule has 0 radical (unpaired) electrons. The third-order valence-electron chi connectivity index (χ3n) is 7.52. The van der Waals surface area contributed by atoms with Crippen molar-refractivity contribution in [3.05, 3.63) is 83.9 Å². The van der Waals surface area contributed by atoms with Crippen molar-refractivity contribution in [1.29, 1.82) is 0 Å². The number of aliphatic hydroxyl groups excluding tert-OH is 1. The largest absolute Gasteiger partial charge is 0.390 e. The average molecular weight is 516 g/mol. The molecule has 3 unspecified atom stereocenters. The van der Waals surface area contributed by atoms with E-state index in [2.05, 4.69) is 72.6 Å². The lowest BCUT2D eigenvalue weighted by molar-refractivity contribution is 0.0629. The standard InChI is InChI=1S/C31H37N3O2S/c1-31(2,19-22-14-15-23-9-4-5-10-24(23)17-22)32-20-29(35)28-13-8-16-34(28)21-26-18-25-11-6-7-12-27(25)33-30(26)37(3)36/h4-7,9-12,14-15,17-18,28-29,32,35H,8,13,16,19-21H2,1-3H3. The Bertz CT molecular complexity index is 1420. The van der Waals surface area contributed by atoms with E-state index >= 15 is 0 Å². The highest BCUT2D eigenvalue weighted by atomic mass is 32.2. The minimum Gasteiger partial charge on any atom is -0.390 e. The number of rotatable bonds is 9. The summed E-state index contributed by atoms with van der Waals surface area (Å²) >= 11 is 0. The molecule has 2 heterocycles. The first-order valence-corrected chi connectivity index (χ1v) is 14.7. The number of likely N-dealkylation sites (tertiary alicyclic amines) is 1. The molecule has 0 saturated carbocycles. The van der Waals surface area contributed by atoms with Crippen molar-refractivity contribution in [2.75, 3.05) is 19.3 Å². The molecule has 2 N–H and O–H groups in total. The summed E-state index contributed by atoms with van der Waals surface area (Å²) in [5.41, 5.74) is 2.99. The maximum atomic E-state index is 12.5.